The number of halogens is 2. The summed E-state index contributed by atoms with van der Waals surface area (Å²) in [5, 5.41) is 13.2. The first kappa shape index (κ1) is 17.7. The van der Waals surface area contributed by atoms with Crippen LogP contribution >= 0.6 is 11.3 Å². The molecule has 0 spiro atoms. The predicted molar refractivity (Wildman–Crippen MR) is 84.1 cm³/mol. The van der Waals surface area contributed by atoms with Crippen LogP contribution in [0.1, 0.15) is 24.3 Å². The number of Topliss-reactive ketones (excluding diaryl/α,β-unsaturated/α-hetero) is 1. The van der Waals surface area contributed by atoms with Crippen LogP contribution in [-0.2, 0) is 9.59 Å². The van der Waals surface area contributed by atoms with Crippen molar-refractivity contribution in [1.29, 1.82) is 5.26 Å². The number of hydrogen-bond acceptors (Lipinski definition) is 5. The van der Waals surface area contributed by atoms with Crippen molar-refractivity contribution in [2.45, 2.75) is 19.3 Å². The lowest BCUT2D eigenvalue weighted by molar-refractivity contribution is -0.120. The van der Waals surface area contributed by atoms with Gasteiger partial charge in [0.15, 0.2) is 11.7 Å². The highest BCUT2D eigenvalue weighted by molar-refractivity contribution is 7.10. The summed E-state index contributed by atoms with van der Waals surface area (Å²) in [5.74, 6) is -3.36. The van der Waals surface area contributed by atoms with Crippen LogP contribution in [0.2, 0.25) is 0 Å². The molecule has 8 heteroatoms. The maximum atomic E-state index is 13.8. The quantitative estimate of drug-likeness (QED) is 0.869. The molecule has 2 aromatic rings. The number of ketones is 1. The number of carbonyl (C=O) groups excluding carboxylic acids is 2. The lowest BCUT2D eigenvalue weighted by Gasteiger charge is -2.05. The van der Waals surface area contributed by atoms with Gasteiger partial charge in [-0.15, -0.1) is 11.3 Å². The normalized spacial score (nSPS) is 11.6. The van der Waals surface area contributed by atoms with E-state index in [0.29, 0.717) is 0 Å². The fourth-order valence-electron chi connectivity index (χ4n) is 2.05. The van der Waals surface area contributed by atoms with Crippen molar-refractivity contribution in [3.63, 3.8) is 0 Å². The van der Waals surface area contributed by atoms with E-state index in [2.05, 4.69) is 10.3 Å². The first-order valence-corrected chi connectivity index (χ1v) is 7.88. The van der Waals surface area contributed by atoms with Gasteiger partial charge in [-0.2, -0.15) is 5.26 Å². The Labute approximate surface area is 140 Å². The summed E-state index contributed by atoms with van der Waals surface area (Å²) in [6.45, 7) is 1.44. The van der Waals surface area contributed by atoms with Crippen molar-refractivity contribution >= 4 is 23.0 Å². The molecule has 124 valence electrons. The zero-order chi connectivity index (χ0) is 17.7. The molecule has 0 aliphatic rings. The average Bonchev–Trinajstić information content (AvgIpc) is 2.96. The van der Waals surface area contributed by atoms with Gasteiger partial charge in [-0.25, -0.2) is 13.8 Å². The minimum Gasteiger partial charge on any atom is -0.356 e. The number of nitrogens with zero attached hydrogens (tertiary/aromatic N) is 2. The molecule has 0 fully saturated rings. The molecule has 0 unspecified atom stereocenters. The Balaban J connectivity index is 2.20. The maximum Gasteiger partial charge on any atom is 0.216 e. The van der Waals surface area contributed by atoms with Crippen LogP contribution in [-0.4, -0.2) is 23.2 Å². The fourth-order valence-corrected chi connectivity index (χ4v) is 2.92. The smallest absolute Gasteiger partial charge is 0.216 e. The third-order valence-corrected chi connectivity index (χ3v) is 4.09. The molecule has 1 aromatic heterocycles. The summed E-state index contributed by atoms with van der Waals surface area (Å²) in [6.07, 6.45) is -0.0270. The number of benzene rings is 1. The van der Waals surface area contributed by atoms with Crippen LogP contribution in [0, 0.1) is 23.0 Å². The number of aromatic nitrogens is 1. The summed E-state index contributed by atoms with van der Waals surface area (Å²) in [7, 11) is 0. The third kappa shape index (κ3) is 4.00. The molecule has 1 heterocycles. The highest BCUT2D eigenvalue weighted by atomic mass is 32.1. The molecule has 2 rings (SSSR count). The van der Waals surface area contributed by atoms with Crippen molar-refractivity contribution in [1.82, 2.24) is 10.3 Å². The van der Waals surface area contributed by atoms with Gasteiger partial charge in [0.1, 0.15) is 16.6 Å². The molecule has 5 nitrogen and oxygen atoms in total. The highest BCUT2D eigenvalue weighted by Gasteiger charge is 2.24. The number of hydrogen-bond donors (Lipinski definition) is 1. The average molecular weight is 349 g/mol. The molecule has 0 aliphatic carbocycles. The van der Waals surface area contributed by atoms with Crippen LogP contribution in [0.4, 0.5) is 8.78 Å². The zero-order valence-corrected chi connectivity index (χ0v) is 13.5. The molecule has 1 atom stereocenters. The molecule has 1 N–H and O–H groups in total. The van der Waals surface area contributed by atoms with Crippen LogP contribution in [0.3, 0.4) is 0 Å². The van der Waals surface area contributed by atoms with E-state index in [1.807, 2.05) is 6.07 Å². The Morgan fingerprint density at radius 2 is 2.04 bits per heavy atom. The Kier molecular flexibility index (Phi) is 5.71. The number of nitrogens with one attached hydrogen (secondary N) is 1. The Morgan fingerprint density at radius 1 is 1.38 bits per heavy atom. The molecule has 0 saturated heterocycles. The van der Waals surface area contributed by atoms with Crippen LogP contribution in [0.15, 0.2) is 23.6 Å². The van der Waals surface area contributed by atoms with Crippen LogP contribution < -0.4 is 5.32 Å². The lowest BCUT2D eigenvalue weighted by atomic mass is 10.0. The van der Waals surface area contributed by atoms with E-state index in [9.17, 15) is 23.6 Å². The number of thiazole rings is 1. The van der Waals surface area contributed by atoms with E-state index >= 15 is 0 Å². The maximum absolute atomic E-state index is 13.8. The van der Waals surface area contributed by atoms with Crippen molar-refractivity contribution in [2.24, 2.45) is 0 Å². The van der Waals surface area contributed by atoms with E-state index in [1.165, 1.54) is 18.4 Å². The van der Waals surface area contributed by atoms with Crippen LogP contribution in [0.25, 0.3) is 11.3 Å². The Bertz CT molecular complexity index is 794. The van der Waals surface area contributed by atoms with E-state index in [0.717, 1.165) is 23.5 Å². The van der Waals surface area contributed by atoms with E-state index in [-0.39, 0.29) is 35.1 Å². The molecule has 1 aromatic carbocycles. The van der Waals surface area contributed by atoms with Gasteiger partial charge >= 0.3 is 0 Å². The van der Waals surface area contributed by atoms with Gasteiger partial charge in [0.25, 0.3) is 0 Å². The van der Waals surface area contributed by atoms with Gasteiger partial charge in [0.05, 0.1) is 17.3 Å². The largest absolute Gasteiger partial charge is 0.356 e. The summed E-state index contributed by atoms with van der Waals surface area (Å²) >= 11 is 0.987. The molecular formula is C16H13F2N3O2S. The summed E-state index contributed by atoms with van der Waals surface area (Å²) in [4.78, 5) is 26.9. The van der Waals surface area contributed by atoms with Crippen molar-refractivity contribution in [3.05, 3.63) is 40.2 Å². The fraction of sp³-hybridized carbons (Fsp3) is 0.250. The number of amides is 1. The Morgan fingerprint density at radius 3 is 2.62 bits per heavy atom. The molecule has 0 bridgehead atoms. The summed E-state index contributed by atoms with van der Waals surface area (Å²) < 4.78 is 27.6. The number of nitriles is 1. The van der Waals surface area contributed by atoms with Crippen LogP contribution in [0.5, 0.6) is 0 Å². The molecule has 0 radical (unpaired) electrons. The van der Waals surface area contributed by atoms with Gasteiger partial charge in [-0.05, 0) is 12.1 Å². The summed E-state index contributed by atoms with van der Waals surface area (Å²) in [5.41, 5.74) is -0.247. The highest BCUT2D eigenvalue weighted by Crippen LogP contribution is 2.30. The topological polar surface area (TPSA) is 82.9 Å². The van der Waals surface area contributed by atoms with Crippen molar-refractivity contribution in [3.8, 4) is 17.3 Å². The second-order valence-corrected chi connectivity index (χ2v) is 5.82. The number of rotatable bonds is 6. The van der Waals surface area contributed by atoms with Gasteiger partial charge in [0, 0.05) is 25.3 Å². The molecule has 24 heavy (non-hydrogen) atoms. The lowest BCUT2D eigenvalue weighted by Crippen LogP contribution is -2.24. The standard InChI is InChI=1S/C16H13F2N3O2S/c1-9(22)20-6-5-14(23)10(7-19)16-21-13(8-24-16)15-11(17)3-2-4-12(15)18/h2-4,8,10H,5-6H2,1H3,(H,20,22)/t10-/m1/s1. The molecular weight excluding hydrogens is 336 g/mol. The van der Waals surface area contributed by atoms with E-state index < -0.39 is 23.3 Å². The predicted octanol–water partition coefficient (Wildman–Crippen LogP) is 2.79. The SMILES string of the molecule is CC(=O)NCCC(=O)[C@@H](C#N)c1nc(-c2c(F)cccc2F)cs1. The first-order chi connectivity index (χ1) is 11.4. The molecule has 0 aliphatic heterocycles. The van der Waals surface area contributed by atoms with Gasteiger partial charge < -0.3 is 5.32 Å². The summed E-state index contributed by atoms with van der Waals surface area (Å²) in [6, 6.07) is 5.31. The third-order valence-electron chi connectivity index (χ3n) is 3.18. The zero-order valence-electron chi connectivity index (χ0n) is 12.7. The Hall–Kier alpha value is -2.66. The minimum absolute atomic E-state index is 0.0270. The second kappa shape index (κ2) is 7.75. The first-order valence-electron chi connectivity index (χ1n) is 7.00. The van der Waals surface area contributed by atoms with Gasteiger partial charge in [-0.1, -0.05) is 6.07 Å². The van der Waals surface area contributed by atoms with Crippen molar-refractivity contribution in [2.75, 3.05) is 6.54 Å². The minimum atomic E-state index is -1.13. The molecule has 1 amide bonds. The van der Waals surface area contributed by atoms with E-state index in [1.54, 1.807) is 0 Å². The van der Waals surface area contributed by atoms with Gasteiger partial charge in [-0.3, -0.25) is 9.59 Å². The van der Waals surface area contributed by atoms with Crippen molar-refractivity contribution < 1.29 is 18.4 Å². The molecule has 0 saturated carbocycles. The van der Waals surface area contributed by atoms with Gasteiger partial charge in [0.2, 0.25) is 5.91 Å². The second-order valence-electron chi connectivity index (χ2n) is 4.93. The number of carbonyl (C=O) groups is 2. The van der Waals surface area contributed by atoms with E-state index in [4.69, 9.17) is 0 Å². The monoisotopic (exact) mass is 349 g/mol.